The molecule has 100 valence electrons. The number of nitrogens with one attached hydrogen (secondary N) is 1. The van der Waals surface area contributed by atoms with Gasteiger partial charge in [-0.3, -0.25) is 4.79 Å². The fraction of sp³-hybridized carbons (Fsp3) is 0.0909. The van der Waals surface area contributed by atoms with Crippen molar-refractivity contribution in [2.45, 2.75) is 6.92 Å². The average molecular weight is 266 g/mol. The number of aliphatic carboxylic acids is 1. The molecule has 0 atom stereocenters. The van der Waals surface area contributed by atoms with E-state index in [4.69, 9.17) is 5.11 Å². The molecule has 0 amide bonds. The Hall–Kier alpha value is -2.90. The second-order valence-electron chi connectivity index (χ2n) is 3.44. The van der Waals surface area contributed by atoms with E-state index in [9.17, 15) is 19.7 Å². The van der Waals surface area contributed by atoms with Crippen molar-refractivity contribution in [3.05, 3.63) is 51.7 Å². The molecule has 8 heteroatoms. The number of hydrogen-bond acceptors (Lipinski definition) is 6. The van der Waals surface area contributed by atoms with Crippen LogP contribution in [0.1, 0.15) is 5.56 Å². The van der Waals surface area contributed by atoms with Crippen LogP contribution in [0.3, 0.4) is 0 Å². The zero-order chi connectivity index (χ0) is 14.4. The summed E-state index contributed by atoms with van der Waals surface area (Å²) in [6.07, 6.45) is 0.498. The van der Waals surface area contributed by atoms with Crippen molar-refractivity contribution in [1.29, 1.82) is 0 Å². The van der Waals surface area contributed by atoms with Crippen LogP contribution in [0.25, 0.3) is 0 Å². The van der Waals surface area contributed by atoms with Gasteiger partial charge >= 0.3 is 17.0 Å². The van der Waals surface area contributed by atoms with Crippen LogP contribution in [0.4, 0.5) is 5.69 Å². The summed E-state index contributed by atoms with van der Waals surface area (Å²) in [4.78, 5) is 35.5. The highest BCUT2D eigenvalue weighted by molar-refractivity contribution is 5.97. The minimum atomic E-state index is -1.44. The molecule has 0 fully saturated rings. The Labute approximate surface area is 107 Å². The van der Waals surface area contributed by atoms with E-state index in [2.05, 4.69) is 10.2 Å². The lowest BCUT2D eigenvalue weighted by molar-refractivity contribution is -0.728. The molecule has 1 rings (SSSR count). The molecular weight excluding hydrogens is 256 g/mol. The summed E-state index contributed by atoms with van der Waals surface area (Å²) < 4.78 is 0. The largest absolute Gasteiger partial charge is 0.477 e. The topological polar surface area (TPSA) is 119 Å². The maximum absolute atomic E-state index is 11.0. The summed E-state index contributed by atoms with van der Waals surface area (Å²) in [5, 5.41) is 20.0. The number of aryl methyl sites for hydroxylation is 1. The number of carbonyl (C=O) groups is 2. The Morgan fingerprint density at radius 1 is 1.42 bits per heavy atom. The number of nitrogens with zero attached hydrogens (tertiary/aromatic N) is 1. The average Bonchev–Trinajstić information content (AvgIpc) is 2.29. The van der Waals surface area contributed by atoms with Gasteiger partial charge in [0.15, 0.2) is 0 Å². The number of carboxylic acids is 1. The van der Waals surface area contributed by atoms with E-state index in [0.717, 1.165) is 5.56 Å². The number of rotatable bonds is 5. The molecule has 0 spiro atoms. The zero-order valence-electron chi connectivity index (χ0n) is 9.82. The third-order valence-corrected chi connectivity index (χ3v) is 2.07. The van der Waals surface area contributed by atoms with Gasteiger partial charge in [-0.25, -0.2) is 9.63 Å². The van der Waals surface area contributed by atoms with Crippen LogP contribution in [0.15, 0.2) is 36.0 Å². The van der Waals surface area contributed by atoms with Crippen LogP contribution in [-0.4, -0.2) is 22.1 Å². The van der Waals surface area contributed by atoms with Crippen LogP contribution in [0.2, 0.25) is 0 Å². The standard InChI is InChI=1S/C11H10N2O6/c1-7-4-2-3-5-8(7)12-9(11(15)16)6-10(14)19-13(17)18/h2-6,12H,1H3,(H,15,16). The van der Waals surface area contributed by atoms with Crippen LogP contribution >= 0.6 is 0 Å². The molecule has 0 saturated carbocycles. The molecule has 0 aliphatic carbocycles. The monoisotopic (exact) mass is 266 g/mol. The van der Waals surface area contributed by atoms with Crippen LogP contribution < -0.4 is 5.32 Å². The fourth-order valence-corrected chi connectivity index (χ4v) is 1.23. The number of carboxylic acid groups (broad SMARTS) is 1. The van der Waals surface area contributed by atoms with Gasteiger partial charge in [-0.05, 0) is 18.6 Å². The highest BCUT2D eigenvalue weighted by Crippen LogP contribution is 2.15. The van der Waals surface area contributed by atoms with Gasteiger partial charge < -0.3 is 10.4 Å². The van der Waals surface area contributed by atoms with E-state index in [-0.39, 0.29) is 0 Å². The Bertz CT molecular complexity index is 552. The second kappa shape index (κ2) is 6.15. The number of anilines is 1. The van der Waals surface area contributed by atoms with E-state index in [1.54, 1.807) is 31.2 Å². The Kier molecular flexibility index (Phi) is 4.58. The number of hydrogen-bond donors (Lipinski definition) is 2. The minimum Gasteiger partial charge on any atom is -0.477 e. The lowest BCUT2D eigenvalue weighted by Gasteiger charge is -2.09. The highest BCUT2D eigenvalue weighted by Gasteiger charge is 2.13. The van der Waals surface area contributed by atoms with E-state index in [0.29, 0.717) is 11.8 Å². The van der Waals surface area contributed by atoms with Crippen molar-refractivity contribution in [1.82, 2.24) is 0 Å². The van der Waals surface area contributed by atoms with Crippen molar-refractivity contribution >= 4 is 17.6 Å². The van der Waals surface area contributed by atoms with Crippen molar-refractivity contribution in [2.75, 3.05) is 5.32 Å². The second-order valence-corrected chi connectivity index (χ2v) is 3.44. The third-order valence-electron chi connectivity index (χ3n) is 2.07. The Balaban J connectivity index is 2.94. The van der Waals surface area contributed by atoms with Gasteiger partial charge in [0.25, 0.3) is 0 Å². The van der Waals surface area contributed by atoms with Crippen molar-refractivity contribution in [2.24, 2.45) is 0 Å². The van der Waals surface area contributed by atoms with E-state index in [1.807, 2.05) is 0 Å². The van der Waals surface area contributed by atoms with Gasteiger partial charge in [-0.1, -0.05) is 18.2 Å². The normalized spacial score (nSPS) is 10.7. The van der Waals surface area contributed by atoms with Crippen LogP contribution in [-0.2, 0) is 14.4 Å². The first-order valence-corrected chi connectivity index (χ1v) is 5.04. The summed E-state index contributed by atoms with van der Waals surface area (Å²) in [7, 11) is 0. The van der Waals surface area contributed by atoms with Gasteiger partial charge in [-0.2, -0.15) is 0 Å². The Morgan fingerprint density at radius 2 is 2.05 bits per heavy atom. The first-order chi connectivity index (χ1) is 8.90. The SMILES string of the molecule is Cc1ccccc1NC(=CC(=O)O[N+](=O)[O-])C(=O)O. The summed E-state index contributed by atoms with van der Waals surface area (Å²) in [5.41, 5.74) is 0.684. The summed E-state index contributed by atoms with van der Waals surface area (Å²) >= 11 is 0. The van der Waals surface area contributed by atoms with Crippen molar-refractivity contribution in [3.63, 3.8) is 0 Å². The molecule has 19 heavy (non-hydrogen) atoms. The Morgan fingerprint density at radius 3 is 2.58 bits per heavy atom. The molecule has 0 radical (unpaired) electrons. The van der Waals surface area contributed by atoms with Crippen molar-refractivity contribution < 1.29 is 24.6 Å². The molecule has 2 N–H and O–H groups in total. The number of benzene rings is 1. The first kappa shape index (κ1) is 14.2. The van der Waals surface area contributed by atoms with Crippen LogP contribution in [0.5, 0.6) is 0 Å². The first-order valence-electron chi connectivity index (χ1n) is 5.04. The molecule has 0 unspecified atom stereocenters. The van der Waals surface area contributed by atoms with Crippen molar-refractivity contribution in [3.8, 4) is 0 Å². The molecule has 1 aromatic carbocycles. The maximum Gasteiger partial charge on any atom is 0.352 e. The number of carbonyl (C=O) groups excluding carboxylic acids is 1. The predicted molar refractivity (Wildman–Crippen MR) is 63.6 cm³/mol. The smallest absolute Gasteiger partial charge is 0.352 e. The van der Waals surface area contributed by atoms with Gasteiger partial charge in [0.05, 0.1) is 0 Å². The molecule has 0 bridgehead atoms. The molecule has 0 aromatic heterocycles. The van der Waals surface area contributed by atoms with Gasteiger partial charge in [0.1, 0.15) is 5.70 Å². The lowest BCUT2D eigenvalue weighted by atomic mass is 10.2. The molecule has 0 aliphatic rings. The highest BCUT2D eigenvalue weighted by atomic mass is 17.0. The fourth-order valence-electron chi connectivity index (χ4n) is 1.23. The quantitative estimate of drug-likeness (QED) is 0.465. The molecule has 0 saturated heterocycles. The zero-order valence-corrected chi connectivity index (χ0v) is 9.82. The molecule has 0 aliphatic heterocycles. The summed E-state index contributed by atoms with van der Waals surface area (Å²) in [6, 6.07) is 6.76. The summed E-state index contributed by atoms with van der Waals surface area (Å²) in [6.45, 7) is 1.73. The van der Waals surface area contributed by atoms with Gasteiger partial charge in [0.2, 0.25) is 0 Å². The summed E-state index contributed by atoms with van der Waals surface area (Å²) in [5.74, 6) is -2.83. The molecule has 1 aromatic rings. The molecule has 0 heterocycles. The molecular formula is C11H10N2O6. The predicted octanol–water partition coefficient (Wildman–Crippen LogP) is 1.11. The maximum atomic E-state index is 11.0. The third kappa shape index (κ3) is 4.46. The van der Waals surface area contributed by atoms with E-state index < -0.39 is 22.7 Å². The van der Waals surface area contributed by atoms with E-state index in [1.165, 1.54) is 0 Å². The van der Waals surface area contributed by atoms with Gasteiger partial charge in [0, 0.05) is 11.8 Å². The van der Waals surface area contributed by atoms with Crippen LogP contribution in [0, 0.1) is 17.0 Å². The molecule has 8 nitrogen and oxygen atoms in total. The van der Waals surface area contributed by atoms with Gasteiger partial charge in [-0.15, -0.1) is 10.1 Å². The minimum absolute atomic E-state index is 0.463. The lowest BCUT2D eigenvalue weighted by Crippen LogP contribution is -2.15. The van der Waals surface area contributed by atoms with E-state index >= 15 is 0 Å². The number of para-hydroxylation sites is 1.